The lowest BCUT2D eigenvalue weighted by atomic mass is 10.7. The maximum atomic E-state index is 9.18. The molecular formula is C10H22O7. The van der Waals surface area contributed by atoms with Crippen LogP contribution in [-0.4, -0.2) is 62.8 Å². The van der Waals surface area contributed by atoms with Gasteiger partial charge in [0.15, 0.2) is 0 Å². The van der Waals surface area contributed by atoms with Crippen molar-refractivity contribution < 1.29 is 34.0 Å². The number of hydrogen-bond acceptors (Lipinski definition) is 7. The first-order chi connectivity index (χ1) is 8.24. The number of aliphatic hydroxyl groups is 2. The van der Waals surface area contributed by atoms with Gasteiger partial charge in [0.25, 0.3) is 12.9 Å². The van der Waals surface area contributed by atoms with Gasteiger partial charge >= 0.3 is 0 Å². The first-order valence-electron chi connectivity index (χ1n) is 5.14. The smallest absolute Gasteiger partial charge is 0.293 e. The van der Waals surface area contributed by atoms with Crippen LogP contribution in [0.5, 0.6) is 0 Å². The third kappa shape index (κ3) is 52.4. The molecule has 0 saturated heterocycles. The summed E-state index contributed by atoms with van der Waals surface area (Å²) in [6.07, 6.45) is 0. The standard InChI is InChI=1S/C4H10O3.2C3H6O2/c5-1-3-7-4-2-6;2*1-2-5-3-4/h5-6H,1-4H2;2*3H,2H2,1H3. The summed E-state index contributed by atoms with van der Waals surface area (Å²) in [7, 11) is 0. The lowest BCUT2D eigenvalue weighted by Crippen LogP contribution is -2.03. The molecule has 0 heterocycles. The number of carbonyl (C=O) groups excluding carboxylic acids is 2. The number of aliphatic hydroxyl groups excluding tert-OH is 2. The van der Waals surface area contributed by atoms with Crippen molar-refractivity contribution in [1.29, 1.82) is 0 Å². The average molecular weight is 254 g/mol. The predicted octanol–water partition coefficient (Wildman–Crippen LogP) is -0.654. The summed E-state index contributed by atoms with van der Waals surface area (Å²) in [5.41, 5.74) is 0. The van der Waals surface area contributed by atoms with E-state index in [1.807, 2.05) is 0 Å². The molecule has 0 atom stereocenters. The Morgan fingerprint density at radius 3 is 1.35 bits per heavy atom. The number of rotatable bonds is 8. The molecule has 0 rings (SSSR count). The van der Waals surface area contributed by atoms with Gasteiger partial charge in [-0.15, -0.1) is 0 Å². The third-order valence-electron chi connectivity index (χ3n) is 0.941. The molecule has 104 valence electrons. The molecule has 0 fully saturated rings. The van der Waals surface area contributed by atoms with Crippen molar-refractivity contribution in [3.8, 4) is 0 Å². The van der Waals surface area contributed by atoms with Crippen LogP contribution in [0.1, 0.15) is 13.8 Å². The van der Waals surface area contributed by atoms with E-state index in [4.69, 9.17) is 10.2 Å². The Labute approximate surface area is 101 Å². The van der Waals surface area contributed by atoms with E-state index in [9.17, 15) is 9.59 Å². The van der Waals surface area contributed by atoms with Gasteiger partial charge in [-0.05, 0) is 13.8 Å². The van der Waals surface area contributed by atoms with Gasteiger partial charge in [-0.1, -0.05) is 0 Å². The van der Waals surface area contributed by atoms with Gasteiger partial charge in [0, 0.05) is 0 Å². The molecule has 0 aliphatic carbocycles. The van der Waals surface area contributed by atoms with Gasteiger partial charge in [0.1, 0.15) is 0 Å². The third-order valence-corrected chi connectivity index (χ3v) is 0.941. The largest absolute Gasteiger partial charge is 0.468 e. The van der Waals surface area contributed by atoms with Gasteiger partial charge in [-0.2, -0.15) is 0 Å². The Balaban J connectivity index is -0.000000177. The van der Waals surface area contributed by atoms with Crippen LogP contribution < -0.4 is 0 Å². The molecule has 0 spiro atoms. The van der Waals surface area contributed by atoms with Crippen molar-refractivity contribution in [2.45, 2.75) is 13.8 Å². The van der Waals surface area contributed by atoms with E-state index < -0.39 is 0 Å². The molecule has 0 aromatic rings. The van der Waals surface area contributed by atoms with Crippen LogP contribution in [0.2, 0.25) is 0 Å². The number of carbonyl (C=O) groups is 2. The normalized spacial score (nSPS) is 7.76. The van der Waals surface area contributed by atoms with Crippen molar-refractivity contribution in [1.82, 2.24) is 0 Å². The van der Waals surface area contributed by atoms with E-state index in [0.717, 1.165) is 0 Å². The van der Waals surface area contributed by atoms with Crippen molar-refractivity contribution in [2.75, 3.05) is 39.6 Å². The molecule has 7 heteroatoms. The van der Waals surface area contributed by atoms with Gasteiger partial charge < -0.3 is 24.4 Å². The first kappa shape index (κ1) is 21.1. The van der Waals surface area contributed by atoms with Crippen molar-refractivity contribution >= 4 is 12.9 Å². The highest BCUT2D eigenvalue weighted by Crippen LogP contribution is 1.68. The van der Waals surface area contributed by atoms with Gasteiger partial charge in [-0.3, -0.25) is 9.59 Å². The van der Waals surface area contributed by atoms with E-state index >= 15 is 0 Å². The van der Waals surface area contributed by atoms with Gasteiger partial charge in [0.05, 0.1) is 39.6 Å². The maximum absolute atomic E-state index is 9.18. The summed E-state index contributed by atoms with van der Waals surface area (Å²) in [6, 6.07) is 0. The summed E-state index contributed by atoms with van der Waals surface area (Å²) in [5, 5.41) is 16.2. The van der Waals surface area contributed by atoms with E-state index in [1.54, 1.807) is 13.8 Å². The molecule has 0 aliphatic rings. The van der Waals surface area contributed by atoms with Crippen LogP contribution in [-0.2, 0) is 23.8 Å². The van der Waals surface area contributed by atoms with E-state index in [0.29, 0.717) is 39.4 Å². The molecule has 0 radical (unpaired) electrons. The van der Waals surface area contributed by atoms with E-state index in [-0.39, 0.29) is 13.2 Å². The highest BCUT2D eigenvalue weighted by molar-refractivity contribution is 5.36. The summed E-state index contributed by atoms with van der Waals surface area (Å²) in [5.74, 6) is 0. The van der Waals surface area contributed by atoms with Crippen LogP contribution in [0.4, 0.5) is 0 Å². The Morgan fingerprint density at radius 2 is 1.24 bits per heavy atom. The minimum atomic E-state index is 0.0278. The molecule has 0 saturated carbocycles. The molecule has 0 aromatic heterocycles. The number of ether oxygens (including phenoxy) is 3. The van der Waals surface area contributed by atoms with Crippen LogP contribution in [0, 0.1) is 0 Å². The first-order valence-corrected chi connectivity index (χ1v) is 5.14. The molecule has 0 amide bonds. The predicted molar refractivity (Wildman–Crippen MR) is 60.4 cm³/mol. The fourth-order valence-corrected chi connectivity index (χ4v) is 0.367. The minimum Gasteiger partial charge on any atom is -0.468 e. The zero-order valence-electron chi connectivity index (χ0n) is 10.3. The number of hydrogen-bond donors (Lipinski definition) is 2. The fourth-order valence-electron chi connectivity index (χ4n) is 0.367. The molecule has 7 nitrogen and oxygen atoms in total. The molecule has 0 aliphatic heterocycles. The highest BCUT2D eigenvalue weighted by atomic mass is 16.5. The Kier molecular flexibility index (Phi) is 36.5. The molecule has 2 N–H and O–H groups in total. The zero-order valence-corrected chi connectivity index (χ0v) is 10.3. The minimum absolute atomic E-state index is 0.0278. The summed E-state index contributed by atoms with van der Waals surface area (Å²) < 4.78 is 12.9. The molecular weight excluding hydrogens is 232 g/mol. The Morgan fingerprint density at radius 1 is 0.882 bits per heavy atom. The van der Waals surface area contributed by atoms with E-state index in [1.165, 1.54) is 0 Å². The fraction of sp³-hybridized carbons (Fsp3) is 0.800. The second-order valence-electron chi connectivity index (χ2n) is 2.16. The molecule has 0 unspecified atom stereocenters. The van der Waals surface area contributed by atoms with E-state index in [2.05, 4.69) is 14.2 Å². The zero-order chi connectivity index (χ0) is 13.8. The summed E-state index contributed by atoms with van der Waals surface area (Å²) >= 11 is 0. The monoisotopic (exact) mass is 254 g/mol. The topological polar surface area (TPSA) is 102 Å². The second kappa shape index (κ2) is 29.4. The Bertz CT molecular complexity index is 116. The molecule has 0 bridgehead atoms. The van der Waals surface area contributed by atoms with Crippen molar-refractivity contribution in [2.24, 2.45) is 0 Å². The second-order valence-corrected chi connectivity index (χ2v) is 2.16. The lowest BCUT2D eigenvalue weighted by Gasteiger charge is -1.94. The Hall–Kier alpha value is -1.18. The SMILES string of the molecule is CCOC=O.CCOC=O.OCCOCCO. The lowest BCUT2D eigenvalue weighted by molar-refractivity contribution is -0.129. The average Bonchev–Trinajstić information content (AvgIpc) is 2.33. The van der Waals surface area contributed by atoms with Gasteiger partial charge in [-0.25, -0.2) is 0 Å². The van der Waals surface area contributed by atoms with Crippen LogP contribution >= 0.6 is 0 Å². The van der Waals surface area contributed by atoms with Crippen LogP contribution in [0.25, 0.3) is 0 Å². The summed E-state index contributed by atoms with van der Waals surface area (Å²) in [4.78, 5) is 18.4. The van der Waals surface area contributed by atoms with Gasteiger partial charge in [0.2, 0.25) is 0 Å². The quantitative estimate of drug-likeness (QED) is 0.438. The van der Waals surface area contributed by atoms with Crippen molar-refractivity contribution in [3.05, 3.63) is 0 Å². The van der Waals surface area contributed by atoms with Crippen molar-refractivity contribution in [3.63, 3.8) is 0 Å². The summed E-state index contributed by atoms with van der Waals surface area (Å²) in [6.45, 7) is 6.02. The van der Waals surface area contributed by atoms with Crippen LogP contribution in [0.3, 0.4) is 0 Å². The van der Waals surface area contributed by atoms with Crippen LogP contribution in [0.15, 0.2) is 0 Å². The molecule has 17 heavy (non-hydrogen) atoms. The highest BCUT2D eigenvalue weighted by Gasteiger charge is 1.79. The maximum Gasteiger partial charge on any atom is 0.293 e. The molecule has 0 aromatic carbocycles.